The molecule has 1 spiro atoms. The van der Waals surface area contributed by atoms with Crippen LogP contribution in [0.25, 0.3) is 0 Å². The largest absolute Gasteiger partial charge is 0.314 e. The number of benzene rings is 3. The number of fused-ring (bicyclic) bond motifs is 4. The van der Waals surface area contributed by atoms with E-state index < -0.39 is 5.41 Å². The van der Waals surface area contributed by atoms with E-state index in [1.54, 1.807) is 35.0 Å². The Morgan fingerprint density at radius 1 is 0.821 bits per heavy atom. The summed E-state index contributed by atoms with van der Waals surface area (Å²) in [5, 5.41) is 0.507. The number of amides is 2. The van der Waals surface area contributed by atoms with Crippen molar-refractivity contribution in [1.82, 2.24) is 0 Å². The summed E-state index contributed by atoms with van der Waals surface area (Å²) in [5.74, 6) is -0.465. The molecule has 138 valence electrons. The lowest BCUT2D eigenvalue weighted by molar-refractivity contribution is -0.131. The molecule has 28 heavy (non-hydrogen) atoms. The highest BCUT2D eigenvalue weighted by molar-refractivity contribution is 6.33. The van der Waals surface area contributed by atoms with Crippen LogP contribution in [0.15, 0.2) is 72.8 Å². The third kappa shape index (κ3) is 2.06. The van der Waals surface area contributed by atoms with Crippen LogP contribution in [-0.4, -0.2) is 18.9 Å². The van der Waals surface area contributed by atoms with Crippen molar-refractivity contribution in [1.29, 1.82) is 0 Å². The van der Waals surface area contributed by atoms with Gasteiger partial charge in [0.2, 0.25) is 0 Å². The lowest BCUT2D eigenvalue weighted by Crippen LogP contribution is -2.47. The first-order chi connectivity index (χ1) is 13.5. The van der Waals surface area contributed by atoms with E-state index in [9.17, 15) is 9.59 Å². The number of para-hydroxylation sites is 1. The number of halogens is 1. The van der Waals surface area contributed by atoms with Gasteiger partial charge in [0, 0.05) is 34.6 Å². The van der Waals surface area contributed by atoms with Gasteiger partial charge in [0.15, 0.2) is 5.41 Å². The van der Waals surface area contributed by atoms with E-state index in [1.807, 2.05) is 54.6 Å². The molecule has 0 saturated carbocycles. The minimum absolute atomic E-state index is 0.226. The standard InChI is InChI=1S/C23H17ClN2O2/c1-25-19-12-11-16(24)13-18(19)23(21(25)27)17-9-5-6-10-20(17)26(22(23)28)14-15-7-3-2-4-8-15/h2-13H,14H2,1H3. The van der Waals surface area contributed by atoms with Crippen molar-refractivity contribution in [2.45, 2.75) is 12.0 Å². The normalized spacial score (nSPS) is 20.1. The summed E-state index contributed by atoms with van der Waals surface area (Å²) < 4.78 is 0. The fourth-order valence-electron chi connectivity index (χ4n) is 4.42. The Hall–Kier alpha value is -3.11. The first-order valence-corrected chi connectivity index (χ1v) is 9.46. The van der Waals surface area contributed by atoms with Crippen LogP contribution in [-0.2, 0) is 21.5 Å². The second kappa shape index (κ2) is 5.94. The third-order valence-corrected chi connectivity index (χ3v) is 5.93. The monoisotopic (exact) mass is 388 g/mol. The average molecular weight is 389 g/mol. The summed E-state index contributed by atoms with van der Waals surface area (Å²) in [7, 11) is 1.71. The van der Waals surface area contributed by atoms with Crippen LogP contribution in [0.3, 0.4) is 0 Å². The highest BCUT2D eigenvalue weighted by atomic mass is 35.5. The van der Waals surface area contributed by atoms with Gasteiger partial charge in [-0.25, -0.2) is 0 Å². The van der Waals surface area contributed by atoms with Gasteiger partial charge in [-0.15, -0.1) is 0 Å². The summed E-state index contributed by atoms with van der Waals surface area (Å²) >= 11 is 6.27. The maximum Gasteiger partial charge on any atom is 0.252 e. The Labute approximate surface area is 168 Å². The van der Waals surface area contributed by atoms with Crippen molar-refractivity contribution in [2.24, 2.45) is 0 Å². The maximum atomic E-state index is 13.9. The summed E-state index contributed by atoms with van der Waals surface area (Å²) in [4.78, 5) is 30.6. The van der Waals surface area contributed by atoms with Crippen LogP contribution in [0, 0.1) is 0 Å². The van der Waals surface area contributed by atoms with E-state index in [4.69, 9.17) is 11.6 Å². The van der Waals surface area contributed by atoms with E-state index in [2.05, 4.69) is 0 Å². The van der Waals surface area contributed by atoms with Crippen LogP contribution in [0.2, 0.25) is 5.02 Å². The average Bonchev–Trinajstić information content (AvgIpc) is 3.09. The van der Waals surface area contributed by atoms with Crippen LogP contribution in [0.4, 0.5) is 11.4 Å². The van der Waals surface area contributed by atoms with Crippen LogP contribution >= 0.6 is 11.6 Å². The van der Waals surface area contributed by atoms with Crippen molar-refractivity contribution in [3.63, 3.8) is 0 Å². The Bertz CT molecular complexity index is 1130. The zero-order valence-corrected chi connectivity index (χ0v) is 16.0. The van der Waals surface area contributed by atoms with Gasteiger partial charge in [0.1, 0.15) is 0 Å². The van der Waals surface area contributed by atoms with E-state index in [-0.39, 0.29) is 11.8 Å². The minimum Gasteiger partial charge on any atom is -0.314 e. The summed E-state index contributed by atoms with van der Waals surface area (Å²) in [6.07, 6.45) is 0. The Kier molecular flexibility index (Phi) is 3.61. The predicted molar refractivity (Wildman–Crippen MR) is 110 cm³/mol. The van der Waals surface area contributed by atoms with Gasteiger partial charge in [-0.3, -0.25) is 9.59 Å². The van der Waals surface area contributed by atoms with Crippen molar-refractivity contribution in [2.75, 3.05) is 16.8 Å². The molecule has 0 radical (unpaired) electrons. The molecule has 1 atom stereocenters. The number of nitrogens with zero attached hydrogens (tertiary/aromatic N) is 2. The molecule has 5 heteroatoms. The first kappa shape index (κ1) is 17.0. The van der Waals surface area contributed by atoms with Crippen LogP contribution < -0.4 is 9.80 Å². The zero-order valence-electron chi connectivity index (χ0n) is 15.2. The van der Waals surface area contributed by atoms with Gasteiger partial charge in [0.25, 0.3) is 11.8 Å². The highest BCUT2D eigenvalue weighted by Crippen LogP contribution is 2.54. The van der Waals surface area contributed by atoms with E-state index in [0.717, 1.165) is 16.9 Å². The van der Waals surface area contributed by atoms with Crippen molar-refractivity contribution < 1.29 is 9.59 Å². The second-order valence-corrected chi connectivity index (χ2v) is 7.61. The van der Waals surface area contributed by atoms with E-state index >= 15 is 0 Å². The number of rotatable bonds is 2. The number of hydrogen-bond donors (Lipinski definition) is 0. The van der Waals surface area contributed by atoms with Crippen LogP contribution in [0.5, 0.6) is 0 Å². The molecule has 0 aromatic heterocycles. The van der Waals surface area contributed by atoms with Crippen LogP contribution in [0.1, 0.15) is 16.7 Å². The molecule has 4 nitrogen and oxygen atoms in total. The number of anilines is 2. The molecule has 2 aliphatic heterocycles. The number of carbonyl (C=O) groups excluding carboxylic acids is 2. The van der Waals surface area contributed by atoms with Gasteiger partial charge < -0.3 is 9.80 Å². The highest BCUT2D eigenvalue weighted by Gasteiger charge is 2.62. The number of likely N-dealkylation sites (N-methyl/N-ethyl adjacent to an activating group) is 1. The molecular weight excluding hydrogens is 372 g/mol. The van der Waals surface area contributed by atoms with E-state index in [1.165, 1.54) is 0 Å². The molecule has 0 bridgehead atoms. The quantitative estimate of drug-likeness (QED) is 0.619. The van der Waals surface area contributed by atoms with Gasteiger partial charge in [-0.05, 0) is 29.8 Å². The molecule has 3 aromatic rings. The molecule has 0 N–H and O–H groups in total. The molecule has 1 unspecified atom stereocenters. The molecule has 2 aliphatic rings. The lowest BCUT2D eigenvalue weighted by atomic mass is 9.76. The Balaban J connectivity index is 1.75. The van der Waals surface area contributed by atoms with Gasteiger partial charge in [-0.2, -0.15) is 0 Å². The molecule has 0 fully saturated rings. The molecule has 2 amide bonds. The predicted octanol–water partition coefficient (Wildman–Crippen LogP) is 4.15. The SMILES string of the molecule is CN1C(=O)C2(C(=O)N(Cc3ccccc3)c3ccccc32)c2cc(Cl)ccc21. The summed E-state index contributed by atoms with van der Waals surface area (Å²) in [6, 6.07) is 22.6. The summed E-state index contributed by atoms with van der Waals surface area (Å²) in [6.45, 7) is 0.408. The van der Waals surface area contributed by atoms with Gasteiger partial charge in [-0.1, -0.05) is 60.1 Å². The molecular formula is C23H17ClN2O2. The molecule has 0 saturated heterocycles. The topological polar surface area (TPSA) is 40.6 Å². The fraction of sp³-hybridized carbons (Fsp3) is 0.130. The smallest absolute Gasteiger partial charge is 0.252 e. The first-order valence-electron chi connectivity index (χ1n) is 9.08. The summed E-state index contributed by atoms with van der Waals surface area (Å²) in [5.41, 5.74) is 2.49. The molecule has 3 aromatic carbocycles. The number of carbonyl (C=O) groups is 2. The van der Waals surface area contributed by atoms with Crippen molar-refractivity contribution in [3.8, 4) is 0 Å². The molecule has 0 aliphatic carbocycles. The van der Waals surface area contributed by atoms with E-state index in [0.29, 0.717) is 22.7 Å². The van der Waals surface area contributed by atoms with Crippen molar-refractivity contribution >= 4 is 34.8 Å². The third-order valence-electron chi connectivity index (χ3n) is 5.70. The molecule has 2 heterocycles. The maximum absolute atomic E-state index is 13.9. The Morgan fingerprint density at radius 2 is 1.54 bits per heavy atom. The second-order valence-electron chi connectivity index (χ2n) is 7.17. The Morgan fingerprint density at radius 3 is 2.32 bits per heavy atom. The lowest BCUT2D eigenvalue weighted by Gasteiger charge is -2.23. The van der Waals surface area contributed by atoms with Gasteiger partial charge >= 0.3 is 0 Å². The van der Waals surface area contributed by atoms with Gasteiger partial charge in [0.05, 0.1) is 6.54 Å². The minimum atomic E-state index is -1.37. The van der Waals surface area contributed by atoms with Crippen molar-refractivity contribution in [3.05, 3.63) is 94.5 Å². The number of hydrogen-bond acceptors (Lipinski definition) is 2. The zero-order chi connectivity index (χ0) is 19.5. The molecule has 5 rings (SSSR count). The fourth-order valence-corrected chi connectivity index (χ4v) is 4.59.